The molecule has 0 amide bonds. The van der Waals surface area contributed by atoms with E-state index in [1.807, 2.05) is 37.3 Å². The van der Waals surface area contributed by atoms with Crippen LogP contribution < -0.4 is 0 Å². The van der Waals surface area contributed by atoms with Crippen LogP contribution in [0, 0.1) is 0 Å². The van der Waals surface area contributed by atoms with E-state index in [1.54, 1.807) is 36.1 Å². The fourth-order valence-corrected chi connectivity index (χ4v) is 3.57. The SMILES string of the molecule is CCSc1cc(Sc2ccccc2N=C=O)ccc1N=C=O. The molecule has 0 atom stereocenters. The number of benzene rings is 2. The lowest BCUT2D eigenvalue weighted by molar-refractivity contribution is 0.564. The van der Waals surface area contributed by atoms with Gasteiger partial charge in [0.25, 0.3) is 0 Å². The molecule has 0 spiro atoms. The number of nitrogens with zero attached hydrogens (tertiary/aromatic N) is 2. The van der Waals surface area contributed by atoms with E-state index in [9.17, 15) is 9.59 Å². The Bertz CT molecular complexity index is 764. The van der Waals surface area contributed by atoms with Gasteiger partial charge >= 0.3 is 0 Å². The van der Waals surface area contributed by atoms with Gasteiger partial charge in [-0.2, -0.15) is 9.98 Å². The third-order valence-electron chi connectivity index (χ3n) is 2.66. The van der Waals surface area contributed by atoms with Gasteiger partial charge in [0.05, 0.1) is 11.4 Å². The zero-order chi connectivity index (χ0) is 15.8. The number of hydrogen-bond donors (Lipinski definition) is 0. The minimum atomic E-state index is 0.585. The largest absolute Gasteiger partial charge is 0.240 e. The van der Waals surface area contributed by atoms with Gasteiger partial charge in [-0.05, 0) is 36.1 Å². The second-order valence-electron chi connectivity index (χ2n) is 4.04. The number of carbonyl (C=O) groups excluding carboxylic acids is 2. The average molecular weight is 328 g/mol. The molecule has 0 fully saturated rings. The average Bonchev–Trinajstić information content (AvgIpc) is 2.52. The predicted molar refractivity (Wildman–Crippen MR) is 89.0 cm³/mol. The fraction of sp³-hybridized carbons (Fsp3) is 0.125. The molecule has 0 saturated carbocycles. The second kappa shape index (κ2) is 8.37. The van der Waals surface area contributed by atoms with Crippen LogP contribution in [-0.4, -0.2) is 17.9 Å². The molecule has 0 aliphatic carbocycles. The maximum Gasteiger partial charge on any atom is 0.240 e. The molecule has 2 rings (SSSR count). The Balaban J connectivity index is 2.36. The number of thioether (sulfide) groups is 1. The van der Waals surface area contributed by atoms with Crippen molar-refractivity contribution in [2.75, 3.05) is 5.75 Å². The first-order valence-electron chi connectivity index (χ1n) is 6.48. The first-order valence-corrected chi connectivity index (χ1v) is 8.28. The normalized spacial score (nSPS) is 9.68. The maximum atomic E-state index is 10.5. The van der Waals surface area contributed by atoms with Crippen molar-refractivity contribution in [1.82, 2.24) is 0 Å². The fourth-order valence-electron chi connectivity index (χ4n) is 1.78. The number of isocyanates is 2. The minimum Gasteiger partial charge on any atom is -0.211 e. The monoisotopic (exact) mass is 328 g/mol. The van der Waals surface area contributed by atoms with Gasteiger partial charge in [-0.1, -0.05) is 30.8 Å². The van der Waals surface area contributed by atoms with Gasteiger partial charge in [-0.25, -0.2) is 9.59 Å². The summed E-state index contributed by atoms with van der Waals surface area (Å²) in [5.41, 5.74) is 1.20. The van der Waals surface area contributed by atoms with E-state index in [1.165, 1.54) is 11.8 Å². The lowest BCUT2D eigenvalue weighted by Gasteiger charge is -2.08. The van der Waals surface area contributed by atoms with E-state index in [2.05, 4.69) is 9.98 Å². The lowest BCUT2D eigenvalue weighted by atomic mass is 10.3. The summed E-state index contributed by atoms with van der Waals surface area (Å²) in [6, 6.07) is 13.0. The summed E-state index contributed by atoms with van der Waals surface area (Å²) < 4.78 is 0. The Labute approximate surface area is 136 Å². The second-order valence-corrected chi connectivity index (χ2v) is 6.46. The Morgan fingerprint density at radius 3 is 2.32 bits per heavy atom. The highest BCUT2D eigenvalue weighted by Gasteiger charge is 2.07. The first-order chi connectivity index (χ1) is 10.8. The van der Waals surface area contributed by atoms with Gasteiger partial charge in [-0.3, -0.25) is 0 Å². The topological polar surface area (TPSA) is 58.9 Å². The molecule has 4 nitrogen and oxygen atoms in total. The van der Waals surface area contributed by atoms with Gasteiger partial charge in [0.1, 0.15) is 0 Å². The summed E-state index contributed by atoms with van der Waals surface area (Å²) in [4.78, 5) is 31.1. The van der Waals surface area contributed by atoms with E-state index < -0.39 is 0 Å². The molecule has 0 aliphatic heterocycles. The molecule has 0 bridgehead atoms. The van der Waals surface area contributed by atoms with Crippen molar-refractivity contribution in [2.45, 2.75) is 21.6 Å². The van der Waals surface area contributed by atoms with Gasteiger partial charge in [0.2, 0.25) is 12.2 Å². The molecule has 0 unspecified atom stereocenters. The van der Waals surface area contributed by atoms with Crippen molar-refractivity contribution in [1.29, 1.82) is 0 Å². The number of rotatable bonds is 6. The van der Waals surface area contributed by atoms with E-state index in [-0.39, 0.29) is 0 Å². The summed E-state index contributed by atoms with van der Waals surface area (Å²) >= 11 is 3.10. The van der Waals surface area contributed by atoms with Crippen molar-refractivity contribution in [2.24, 2.45) is 9.98 Å². The summed E-state index contributed by atoms with van der Waals surface area (Å²) in [5.74, 6) is 0.877. The van der Waals surface area contributed by atoms with Crippen LogP contribution in [-0.2, 0) is 9.59 Å². The standard InChI is InChI=1S/C16H12N2O2S2/c1-2-21-16-9-12(7-8-14(16)18-11-20)22-15-6-4-3-5-13(15)17-10-19/h3-9H,2H2,1H3. The molecule has 0 saturated heterocycles. The number of aliphatic imine (C=N–C) groups is 2. The number of hydrogen-bond acceptors (Lipinski definition) is 6. The molecular weight excluding hydrogens is 316 g/mol. The van der Waals surface area contributed by atoms with E-state index >= 15 is 0 Å². The highest BCUT2D eigenvalue weighted by Crippen LogP contribution is 2.39. The molecule has 0 aliphatic rings. The highest BCUT2D eigenvalue weighted by atomic mass is 32.2. The van der Waals surface area contributed by atoms with Crippen molar-refractivity contribution in [3.63, 3.8) is 0 Å². The van der Waals surface area contributed by atoms with Crippen molar-refractivity contribution in [3.8, 4) is 0 Å². The van der Waals surface area contributed by atoms with Gasteiger partial charge in [0, 0.05) is 14.7 Å². The number of para-hydroxylation sites is 1. The predicted octanol–water partition coefficient (Wildman–Crippen LogP) is 4.88. The zero-order valence-electron chi connectivity index (χ0n) is 11.8. The van der Waals surface area contributed by atoms with Crippen molar-refractivity contribution >= 4 is 47.1 Å². The van der Waals surface area contributed by atoms with Crippen LogP contribution in [0.5, 0.6) is 0 Å². The molecule has 0 N–H and O–H groups in total. The molecule has 0 aromatic heterocycles. The van der Waals surface area contributed by atoms with Gasteiger partial charge < -0.3 is 0 Å². The summed E-state index contributed by atoms with van der Waals surface area (Å²) in [6.07, 6.45) is 3.14. The van der Waals surface area contributed by atoms with Crippen LogP contribution in [0.4, 0.5) is 11.4 Å². The Kier molecular flexibility index (Phi) is 6.19. The molecular formula is C16H12N2O2S2. The van der Waals surface area contributed by atoms with Crippen LogP contribution in [0.15, 0.2) is 67.1 Å². The van der Waals surface area contributed by atoms with Crippen LogP contribution in [0.25, 0.3) is 0 Å². The quantitative estimate of drug-likeness (QED) is 0.430. The molecule has 0 radical (unpaired) electrons. The molecule has 110 valence electrons. The Morgan fingerprint density at radius 1 is 0.955 bits per heavy atom. The third-order valence-corrected chi connectivity index (χ3v) is 4.64. The van der Waals surface area contributed by atoms with E-state index in [0.717, 1.165) is 20.4 Å². The van der Waals surface area contributed by atoms with Crippen molar-refractivity contribution < 1.29 is 9.59 Å². The molecule has 2 aromatic carbocycles. The Hall–Kier alpha value is -2.10. The third kappa shape index (κ3) is 4.20. The molecule has 2 aromatic rings. The molecule has 22 heavy (non-hydrogen) atoms. The highest BCUT2D eigenvalue weighted by molar-refractivity contribution is 8.00. The van der Waals surface area contributed by atoms with Gasteiger partial charge in [-0.15, -0.1) is 11.8 Å². The lowest BCUT2D eigenvalue weighted by Crippen LogP contribution is -1.80. The molecule has 0 heterocycles. The van der Waals surface area contributed by atoms with Crippen LogP contribution in [0.2, 0.25) is 0 Å². The zero-order valence-corrected chi connectivity index (χ0v) is 13.4. The minimum absolute atomic E-state index is 0.585. The summed E-state index contributed by atoms with van der Waals surface area (Å²) in [6.45, 7) is 2.03. The Morgan fingerprint density at radius 2 is 1.64 bits per heavy atom. The first kappa shape index (κ1) is 16.3. The summed E-state index contributed by atoms with van der Waals surface area (Å²) in [5, 5.41) is 0. The molecule has 6 heteroatoms. The van der Waals surface area contributed by atoms with Crippen molar-refractivity contribution in [3.05, 3.63) is 42.5 Å². The van der Waals surface area contributed by atoms with E-state index in [4.69, 9.17) is 0 Å². The van der Waals surface area contributed by atoms with Crippen LogP contribution in [0.3, 0.4) is 0 Å². The maximum absolute atomic E-state index is 10.5. The van der Waals surface area contributed by atoms with Crippen LogP contribution in [0.1, 0.15) is 6.92 Å². The van der Waals surface area contributed by atoms with E-state index in [0.29, 0.717) is 11.4 Å². The summed E-state index contributed by atoms with van der Waals surface area (Å²) in [7, 11) is 0. The smallest absolute Gasteiger partial charge is 0.211 e. The van der Waals surface area contributed by atoms with Gasteiger partial charge in [0.15, 0.2) is 0 Å². The van der Waals surface area contributed by atoms with Crippen LogP contribution >= 0.6 is 23.5 Å².